The first kappa shape index (κ1) is 13.3. The zero-order valence-electron chi connectivity index (χ0n) is 8.46. The second-order valence-electron chi connectivity index (χ2n) is 3.46. The molecule has 1 atom stereocenters. The molecule has 1 rings (SSSR count). The summed E-state index contributed by atoms with van der Waals surface area (Å²) >= 11 is 0. The second kappa shape index (κ2) is 6.73. The summed E-state index contributed by atoms with van der Waals surface area (Å²) in [6.07, 6.45) is 0.957. The van der Waals surface area contributed by atoms with Crippen LogP contribution in [0.2, 0.25) is 0 Å². The van der Waals surface area contributed by atoms with Crippen LogP contribution < -0.4 is 0 Å². The van der Waals surface area contributed by atoms with E-state index in [0.29, 0.717) is 11.8 Å². The molecule has 0 heterocycles. The predicted molar refractivity (Wildman–Crippen MR) is 52.8 cm³/mol. The standard InChI is InChI=1S/C12H16.Y/c1-4-12(10(2)3)11-8-6-5-7-9-11;/h5-8,10,12H,1,4H2,2-3H3;/q-2;. The van der Waals surface area contributed by atoms with Crippen LogP contribution in [0.3, 0.4) is 0 Å². The van der Waals surface area contributed by atoms with E-state index in [1.54, 1.807) is 0 Å². The Morgan fingerprint density at radius 2 is 2.08 bits per heavy atom. The maximum Gasteiger partial charge on any atom is 0 e. The molecule has 0 saturated carbocycles. The number of hydrogen-bond donors (Lipinski definition) is 0. The van der Waals surface area contributed by atoms with E-state index < -0.39 is 0 Å². The molecule has 0 fully saturated rings. The molecule has 69 valence electrons. The van der Waals surface area contributed by atoms with Crippen molar-refractivity contribution in [3.05, 3.63) is 42.8 Å². The topological polar surface area (TPSA) is 0 Å². The molecule has 0 nitrogen and oxygen atoms in total. The monoisotopic (exact) mass is 249 g/mol. The first-order valence-electron chi connectivity index (χ1n) is 4.51. The molecule has 0 aliphatic carbocycles. The number of hydrogen-bond acceptors (Lipinski definition) is 0. The summed E-state index contributed by atoms with van der Waals surface area (Å²) in [5, 5.41) is 0. The molecule has 1 heteroatoms. The van der Waals surface area contributed by atoms with E-state index >= 15 is 0 Å². The molecule has 13 heavy (non-hydrogen) atoms. The number of rotatable bonds is 3. The summed E-state index contributed by atoms with van der Waals surface area (Å²) in [7, 11) is 0. The fourth-order valence-electron chi connectivity index (χ4n) is 1.49. The Hall–Kier alpha value is 0.324. The molecule has 0 amide bonds. The molecule has 0 bridgehead atoms. The van der Waals surface area contributed by atoms with Crippen LogP contribution in [0, 0.1) is 18.9 Å². The minimum atomic E-state index is 0. The van der Waals surface area contributed by atoms with E-state index in [1.165, 1.54) is 5.56 Å². The zero-order valence-corrected chi connectivity index (χ0v) is 11.3. The summed E-state index contributed by atoms with van der Waals surface area (Å²) in [6, 6.07) is 11.4. The van der Waals surface area contributed by atoms with Crippen LogP contribution in [0.15, 0.2) is 24.3 Å². The Morgan fingerprint density at radius 1 is 1.38 bits per heavy atom. The zero-order chi connectivity index (χ0) is 8.97. The molecular formula is C12H16Y-2. The van der Waals surface area contributed by atoms with Gasteiger partial charge in [-0.05, 0) is 5.92 Å². The van der Waals surface area contributed by atoms with Gasteiger partial charge in [-0.25, -0.2) is 0 Å². The molecule has 1 aromatic rings. The maximum atomic E-state index is 3.96. The molecule has 0 aliphatic heterocycles. The Morgan fingerprint density at radius 3 is 2.46 bits per heavy atom. The average molecular weight is 249 g/mol. The summed E-state index contributed by atoms with van der Waals surface area (Å²) in [5.41, 5.74) is 1.29. The van der Waals surface area contributed by atoms with Crippen molar-refractivity contribution >= 4 is 0 Å². The smallest absolute Gasteiger partial charge is 0 e. The van der Waals surface area contributed by atoms with Gasteiger partial charge in [-0.1, -0.05) is 19.8 Å². The van der Waals surface area contributed by atoms with Gasteiger partial charge >= 0.3 is 0 Å². The summed E-state index contributed by atoms with van der Waals surface area (Å²) in [6.45, 7) is 8.43. The summed E-state index contributed by atoms with van der Waals surface area (Å²) in [5.74, 6) is 1.22. The van der Waals surface area contributed by atoms with Crippen LogP contribution in [0.4, 0.5) is 0 Å². The van der Waals surface area contributed by atoms with Crippen molar-refractivity contribution in [1.82, 2.24) is 0 Å². The average Bonchev–Trinajstić information content (AvgIpc) is 2.07. The van der Waals surface area contributed by atoms with Gasteiger partial charge in [0, 0.05) is 32.7 Å². The normalized spacial score (nSPS) is 12.3. The Bertz CT molecular complexity index is 216. The van der Waals surface area contributed by atoms with E-state index in [1.807, 2.05) is 12.1 Å². The third-order valence-electron chi connectivity index (χ3n) is 2.25. The van der Waals surface area contributed by atoms with Crippen molar-refractivity contribution in [2.24, 2.45) is 5.92 Å². The van der Waals surface area contributed by atoms with Gasteiger partial charge in [-0.15, -0.1) is 0 Å². The second-order valence-corrected chi connectivity index (χ2v) is 3.46. The molecule has 0 N–H and O–H groups in total. The van der Waals surface area contributed by atoms with Crippen LogP contribution in [0.25, 0.3) is 0 Å². The van der Waals surface area contributed by atoms with E-state index in [4.69, 9.17) is 0 Å². The summed E-state index contributed by atoms with van der Waals surface area (Å²) in [4.78, 5) is 0. The molecule has 1 radical (unpaired) electrons. The minimum absolute atomic E-state index is 0. The molecule has 1 unspecified atom stereocenters. The first-order chi connectivity index (χ1) is 5.75. The fraction of sp³-hybridized carbons (Fsp3) is 0.417. The quantitative estimate of drug-likeness (QED) is 0.720. The van der Waals surface area contributed by atoms with E-state index in [9.17, 15) is 0 Å². The Balaban J connectivity index is 0.00000144. The molecule has 0 aromatic heterocycles. The van der Waals surface area contributed by atoms with Crippen molar-refractivity contribution in [2.45, 2.75) is 26.2 Å². The predicted octanol–water partition coefficient (Wildman–Crippen LogP) is 3.45. The van der Waals surface area contributed by atoms with Gasteiger partial charge in [0.25, 0.3) is 0 Å². The van der Waals surface area contributed by atoms with Gasteiger partial charge < -0.3 is 6.92 Å². The Labute approximate surface area is 107 Å². The van der Waals surface area contributed by atoms with Gasteiger partial charge in [-0.2, -0.15) is 42.3 Å². The maximum absolute atomic E-state index is 3.96. The van der Waals surface area contributed by atoms with E-state index in [0.717, 1.165) is 6.42 Å². The minimum Gasteiger partial charge on any atom is -0.343 e. The van der Waals surface area contributed by atoms with Crippen LogP contribution in [-0.2, 0) is 32.7 Å². The van der Waals surface area contributed by atoms with Gasteiger partial charge in [0.15, 0.2) is 0 Å². The molecule has 0 spiro atoms. The summed E-state index contributed by atoms with van der Waals surface area (Å²) < 4.78 is 0. The largest absolute Gasteiger partial charge is 0.343 e. The van der Waals surface area contributed by atoms with Crippen molar-refractivity contribution < 1.29 is 32.7 Å². The van der Waals surface area contributed by atoms with Crippen LogP contribution in [-0.4, -0.2) is 0 Å². The van der Waals surface area contributed by atoms with Gasteiger partial charge in [0.05, 0.1) is 0 Å². The fourth-order valence-corrected chi connectivity index (χ4v) is 1.49. The SMILES string of the molecule is [CH2-]CC(c1[c-]cccc1)C(C)C.[Y]. The molecule has 0 saturated heterocycles. The number of benzene rings is 1. The van der Waals surface area contributed by atoms with Gasteiger partial charge in [-0.3, -0.25) is 0 Å². The van der Waals surface area contributed by atoms with Gasteiger partial charge in [0.2, 0.25) is 0 Å². The van der Waals surface area contributed by atoms with E-state index in [-0.39, 0.29) is 32.7 Å². The van der Waals surface area contributed by atoms with Crippen molar-refractivity contribution in [1.29, 1.82) is 0 Å². The Kier molecular flexibility index (Phi) is 6.90. The molecule has 0 aliphatic rings. The van der Waals surface area contributed by atoms with Crippen LogP contribution in [0.1, 0.15) is 31.7 Å². The van der Waals surface area contributed by atoms with Gasteiger partial charge in [0.1, 0.15) is 0 Å². The first-order valence-corrected chi connectivity index (χ1v) is 4.51. The van der Waals surface area contributed by atoms with Crippen molar-refractivity contribution in [2.75, 3.05) is 0 Å². The van der Waals surface area contributed by atoms with Crippen LogP contribution in [0.5, 0.6) is 0 Å². The molecular weight excluding hydrogens is 233 g/mol. The van der Waals surface area contributed by atoms with Crippen LogP contribution >= 0.6 is 0 Å². The third kappa shape index (κ3) is 3.91. The van der Waals surface area contributed by atoms with Crippen molar-refractivity contribution in [3.8, 4) is 0 Å². The van der Waals surface area contributed by atoms with E-state index in [2.05, 4.69) is 39.0 Å². The third-order valence-corrected chi connectivity index (χ3v) is 2.25. The molecule has 1 aromatic carbocycles. The van der Waals surface area contributed by atoms with Crippen molar-refractivity contribution in [3.63, 3.8) is 0 Å².